The largest absolute Gasteiger partial charge is 0.312 e. The topological polar surface area (TPSA) is 75.9 Å². The maximum atomic E-state index is 12.3. The van der Waals surface area contributed by atoms with Gasteiger partial charge in [0.05, 0.1) is 12.6 Å². The van der Waals surface area contributed by atoms with E-state index in [-0.39, 0.29) is 11.9 Å². The smallest absolute Gasteiger partial charge is 0.243 e. The monoisotopic (exact) mass is 318 g/mol. The highest BCUT2D eigenvalue weighted by Gasteiger charge is 2.33. The van der Waals surface area contributed by atoms with Gasteiger partial charge in [0.1, 0.15) is 11.6 Å². The van der Waals surface area contributed by atoms with Crippen LogP contribution >= 0.6 is 11.3 Å². The molecule has 0 unspecified atom stereocenters. The predicted octanol–water partition coefficient (Wildman–Crippen LogP) is 1.45. The van der Waals surface area contributed by atoms with Crippen LogP contribution < -0.4 is 5.32 Å². The molecule has 2 aromatic rings. The molecule has 0 aromatic carbocycles. The molecule has 1 atom stereocenters. The van der Waals surface area contributed by atoms with Crippen molar-refractivity contribution in [2.45, 2.75) is 44.8 Å². The molecule has 8 heteroatoms. The molecular weight excluding hydrogens is 300 g/mol. The Morgan fingerprint density at radius 1 is 1.41 bits per heavy atom. The second-order valence-corrected chi connectivity index (χ2v) is 6.77. The van der Waals surface area contributed by atoms with Gasteiger partial charge < -0.3 is 9.88 Å². The Morgan fingerprint density at radius 3 is 3.00 bits per heavy atom. The van der Waals surface area contributed by atoms with Gasteiger partial charge in [-0.2, -0.15) is 0 Å². The number of carbonyl (C=O) groups excluding carboxylic acids is 1. The standard InChI is InChI=1S/C14H18N6OS/c1-9(13(21)16-14-15-4-7-22-14)19-5-6-20-11(8-19)17-18-12(20)10-2-3-10/h4,7,9-10H,2-3,5-6,8H2,1H3,(H,15,16,21)/t9-/m1/s1. The molecule has 1 amide bonds. The van der Waals surface area contributed by atoms with Crippen LogP contribution in [0, 0.1) is 0 Å². The number of nitrogens with one attached hydrogen (secondary N) is 1. The molecule has 1 saturated carbocycles. The van der Waals surface area contributed by atoms with Gasteiger partial charge in [-0.1, -0.05) is 0 Å². The van der Waals surface area contributed by atoms with Gasteiger partial charge in [-0.15, -0.1) is 21.5 Å². The van der Waals surface area contributed by atoms with Crippen molar-refractivity contribution in [1.82, 2.24) is 24.6 Å². The number of fused-ring (bicyclic) bond motifs is 1. The van der Waals surface area contributed by atoms with E-state index in [1.807, 2.05) is 12.3 Å². The Balaban J connectivity index is 1.43. The van der Waals surface area contributed by atoms with Crippen molar-refractivity contribution in [3.8, 4) is 0 Å². The van der Waals surface area contributed by atoms with Crippen molar-refractivity contribution in [1.29, 1.82) is 0 Å². The zero-order valence-corrected chi connectivity index (χ0v) is 13.2. The lowest BCUT2D eigenvalue weighted by Gasteiger charge is -2.31. The maximum absolute atomic E-state index is 12.3. The van der Waals surface area contributed by atoms with E-state index in [2.05, 4.69) is 30.0 Å². The summed E-state index contributed by atoms with van der Waals surface area (Å²) in [7, 11) is 0. The van der Waals surface area contributed by atoms with E-state index in [1.54, 1.807) is 6.20 Å². The first-order valence-corrected chi connectivity index (χ1v) is 8.46. The number of aromatic nitrogens is 4. The zero-order valence-electron chi connectivity index (χ0n) is 12.4. The maximum Gasteiger partial charge on any atom is 0.243 e. The average molecular weight is 318 g/mol. The number of hydrogen-bond acceptors (Lipinski definition) is 6. The lowest BCUT2D eigenvalue weighted by atomic mass is 10.2. The SMILES string of the molecule is C[C@H](C(=O)Nc1nccs1)N1CCn2c(nnc2C2CC2)C1. The Labute approximate surface area is 132 Å². The summed E-state index contributed by atoms with van der Waals surface area (Å²) in [5, 5.41) is 14.0. The minimum Gasteiger partial charge on any atom is -0.312 e. The van der Waals surface area contributed by atoms with E-state index < -0.39 is 0 Å². The summed E-state index contributed by atoms with van der Waals surface area (Å²) in [6, 6.07) is -0.210. The summed E-state index contributed by atoms with van der Waals surface area (Å²) in [5.41, 5.74) is 0. The van der Waals surface area contributed by atoms with Crippen LogP contribution in [0.1, 0.15) is 37.3 Å². The molecule has 0 spiro atoms. The molecule has 22 heavy (non-hydrogen) atoms. The van der Waals surface area contributed by atoms with Crippen LogP contribution in [0.2, 0.25) is 0 Å². The van der Waals surface area contributed by atoms with Crippen LogP contribution in [-0.2, 0) is 17.9 Å². The van der Waals surface area contributed by atoms with Crippen molar-refractivity contribution < 1.29 is 4.79 Å². The lowest BCUT2D eigenvalue weighted by molar-refractivity contribution is -0.121. The summed E-state index contributed by atoms with van der Waals surface area (Å²) >= 11 is 1.43. The number of carbonyl (C=O) groups is 1. The molecule has 7 nitrogen and oxygen atoms in total. The Kier molecular flexibility index (Phi) is 3.42. The molecule has 1 N–H and O–H groups in total. The molecular formula is C14H18N6OS. The van der Waals surface area contributed by atoms with Crippen LogP contribution in [0.5, 0.6) is 0 Å². The fourth-order valence-corrected chi connectivity index (χ4v) is 3.37. The van der Waals surface area contributed by atoms with Gasteiger partial charge in [0.25, 0.3) is 0 Å². The summed E-state index contributed by atoms with van der Waals surface area (Å²) in [4.78, 5) is 18.5. The van der Waals surface area contributed by atoms with E-state index in [1.165, 1.54) is 24.2 Å². The Morgan fingerprint density at radius 2 is 2.27 bits per heavy atom. The summed E-state index contributed by atoms with van der Waals surface area (Å²) in [6.07, 6.45) is 4.15. The summed E-state index contributed by atoms with van der Waals surface area (Å²) in [5.74, 6) is 2.69. The number of rotatable bonds is 4. The average Bonchev–Trinajstić information content (AvgIpc) is 3.08. The fraction of sp³-hybridized carbons (Fsp3) is 0.571. The van der Waals surface area contributed by atoms with Crippen molar-refractivity contribution in [2.75, 3.05) is 11.9 Å². The molecule has 0 radical (unpaired) electrons. The quantitative estimate of drug-likeness (QED) is 0.923. The van der Waals surface area contributed by atoms with Gasteiger partial charge in [-0.25, -0.2) is 4.98 Å². The molecule has 2 aliphatic rings. The van der Waals surface area contributed by atoms with Gasteiger partial charge in [0, 0.05) is 30.6 Å². The third-order valence-electron chi connectivity index (χ3n) is 4.34. The van der Waals surface area contributed by atoms with Crippen molar-refractivity contribution >= 4 is 22.4 Å². The predicted molar refractivity (Wildman–Crippen MR) is 82.6 cm³/mol. The number of thiazole rings is 1. The molecule has 0 saturated heterocycles. The molecule has 1 aliphatic carbocycles. The van der Waals surface area contributed by atoms with Crippen molar-refractivity contribution in [2.24, 2.45) is 0 Å². The van der Waals surface area contributed by atoms with Crippen LogP contribution in [0.4, 0.5) is 5.13 Å². The van der Waals surface area contributed by atoms with E-state index in [0.29, 0.717) is 17.6 Å². The number of amides is 1. The van der Waals surface area contributed by atoms with Gasteiger partial charge >= 0.3 is 0 Å². The van der Waals surface area contributed by atoms with Gasteiger partial charge in [0.15, 0.2) is 5.13 Å². The number of hydrogen-bond donors (Lipinski definition) is 1. The van der Waals surface area contributed by atoms with Gasteiger partial charge in [0.2, 0.25) is 5.91 Å². The second kappa shape index (κ2) is 5.44. The van der Waals surface area contributed by atoms with Gasteiger partial charge in [-0.3, -0.25) is 9.69 Å². The van der Waals surface area contributed by atoms with E-state index in [9.17, 15) is 4.79 Å². The molecule has 4 rings (SSSR count). The van der Waals surface area contributed by atoms with E-state index in [0.717, 1.165) is 24.7 Å². The fourth-order valence-electron chi connectivity index (χ4n) is 2.83. The highest BCUT2D eigenvalue weighted by Crippen LogP contribution is 2.39. The molecule has 1 fully saturated rings. The van der Waals surface area contributed by atoms with Crippen molar-refractivity contribution in [3.05, 3.63) is 23.2 Å². The third-order valence-corrected chi connectivity index (χ3v) is 5.03. The first-order chi connectivity index (χ1) is 10.7. The zero-order chi connectivity index (χ0) is 15.1. The highest BCUT2D eigenvalue weighted by molar-refractivity contribution is 7.13. The first-order valence-electron chi connectivity index (χ1n) is 7.59. The molecule has 116 valence electrons. The Hall–Kier alpha value is -1.80. The lowest BCUT2D eigenvalue weighted by Crippen LogP contribution is -2.46. The third kappa shape index (κ3) is 2.52. The van der Waals surface area contributed by atoms with Crippen LogP contribution in [0.15, 0.2) is 11.6 Å². The molecule has 3 heterocycles. The normalized spacial score (nSPS) is 19.7. The number of anilines is 1. The minimum absolute atomic E-state index is 0.0228. The van der Waals surface area contributed by atoms with Crippen molar-refractivity contribution in [3.63, 3.8) is 0 Å². The highest BCUT2D eigenvalue weighted by atomic mass is 32.1. The second-order valence-electron chi connectivity index (χ2n) is 5.87. The van der Waals surface area contributed by atoms with Crippen LogP contribution in [0.3, 0.4) is 0 Å². The summed E-state index contributed by atoms with van der Waals surface area (Å²) in [6.45, 7) is 4.31. The van der Waals surface area contributed by atoms with Crippen LogP contribution in [-0.4, -0.2) is 43.1 Å². The summed E-state index contributed by atoms with van der Waals surface area (Å²) < 4.78 is 2.24. The molecule has 1 aliphatic heterocycles. The molecule has 2 aromatic heterocycles. The number of nitrogens with zero attached hydrogens (tertiary/aromatic N) is 5. The van der Waals surface area contributed by atoms with Gasteiger partial charge in [-0.05, 0) is 19.8 Å². The van der Waals surface area contributed by atoms with Crippen LogP contribution in [0.25, 0.3) is 0 Å². The first kappa shape index (κ1) is 13.8. The van der Waals surface area contributed by atoms with E-state index >= 15 is 0 Å². The Bertz CT molecular complexity index is 678. The molecule has 0 bridgehead atoms. The minimum atomic E-state index is -0.210. The van der Waals surface area contributed by atoms with E-state index in [4.69, 9.17) is 0 Å².